The minimum absolute atomic E-state index is 0.0304. The number of carbonyl (C=O) groups excluding carboxylic acids is 3. The molecule has 13 nitrogen and oxygen atoms in total. The van der Waals surface area contributed by atoms with Crippen molar-refractivity contribution in [2.75, 3.05) is 79.7 Å². The molecule has 0 heterocycles. The van der Waals surface area contributed by atoms with Gasteiger partial charge >= 0.3 is 5.97 Å². The molecule has 0 bridgehead atoms. The van der Waals surface area contributed by atoms with Gasteiger partial charge in [-0.15, -0.1) is 0 Å². The van der Waals surface area contributed by atoms with Crippen LogP contribution < -0.4 is 16.8 Å². The van der Waals surface area contributed by atoms with Crippen LogP contribution in [0.25, 0.3) is 0 Å². The third-order valence-electron chi connectivity index (χ3n) is 4.28. The number of carbonyl (C=O) groups is 3. The smallest absolute Gasteiger partial charge is 0.306 e. The molecule has 0 aliphatic carbocycles. The first-order valence-corrected chi connectivity index (χ1v) is 11.8. The molecule has 1 unspecified atom stereocenters. The molecule has 5 N–H and O–H groups in total. The molecule has 0 aliphatic rings. The largest absolute Gasteiger partial charge is 0.455 e. The molecule has 0 spiro atoms. The van der Waals surface area contributed by atoms with E-state index in [1.165, 1.54) is 0 Å². The first-order chi connectivity index (χ1) is 17.0. The van der Waals surface area contributed by atoms with Gasteiger partial charge in [-0.2, -0.15) is 0 Å². The number of nitrogens with two attached hydrogens (primary N) is 2. The van der Waals surface area contributed by atoms with Crippen LogP contribution in [0, 0.1) is 0 Å². The minimum Gasteiger partial charge on any atom is -0.455 e. The SMILES string of the molecule is COCCOCCOCCOCCOCCNC(=O)CCCC(=O)OC(C=O)CCCN=C(N)N. The highest BCUT2D eigenvalue weighted by atomic mass is 16.6. The van der Waals surface area contributed by atoms with Crippen LogP contribution in [0.3, 0.4) is 0 Å². The average molecular weight is 507 g/mol. The van der Waals surface area contributed by atoms with Crippen LogP contribution in [0.1, 0.15) is 32.1 Å². The number of aldehydes is 1. The summed E-state index contributed by atoms with van der Waals surface area (Å²) in [5, 5.41) is 2.71. The number of amides is 1. The lowest BCUT2D eigenvalue weighted by molar-refractivity contribution is -0.152. The molecule has 13 heteroatoms. The van der Waals surface area contributed by atoms with Gasteiger partial charge in [-0.05, 0) is 19.3 Å². The Morgan fingerprint density at radius 1 is 0.857 bits per heavy atom. The van der Waals surface area contributed by atoms with Crippen molar-refractivity contribution >= 4 is 24.1 Å². The van der Waals surface area contributed by atoms with Gasteiger partial charge in [0, 0.05) is 33.0 Å². The zero-order chi connectivity index (χ0) is 26.0. The third-order valence-corrected chi connectivity index (χ3v) is 4.28. The van der Waals surface area contributed by atoms with Crippen LogP contribution in [0.4, 0.5) is 0 Å². The average Bonchev–Trinajstić information content (AvgIpc) is 2.83. The van der Waals surface area contributed by atoms with E-state index in [-0.39, 0.29) is 24.7 Å². The number of aliphatic imine (C=N–C) groups is 1. The number of hydrogen-bond acceptors (Lipinski definition) is 10. The molecule has 0 aromatic carbocycles. The van der Waals surface area contributed by atoms with Gasteiger partial charge in [0.2, 0.25) is 5.91 Å². The fraction of sp³-hybridized carbons (Fsp3) is 0.818. The quantitative estimate of drug-likeness (QED) is 0.0461. The number of nitrogens with one attached hydrogen (secondary N) is 1. The number of esters is 1. The van der Waals surface area contributed by atoms with Gasteiger partial charge in [-0.3, -0.25) is 19.4 Å². The van der Waals surface area contributed by atoms with Crippen molar-refractivity contribution in [3.05, 3.63) is 0 Å². The van der Waals surface area contributed by atoms with E-state index >= 15 is 0 Å². The summed E-state index contributed by atoms with van der Waals surface area (Å²) in [5.41, 5.74) is 10.4. The molecular formula is C22H42N4O9. The van der Waals surface area contributed by atoms with Crippen LogP contribution >= 0.6 is 0 Å². The van der Waals surface area contributed by atoms with Crippen molar-refractivity contribution in [3.63, 3.8) is 0 Å². The lowest BCUT2D eigenvalue weighted by atomic mass is 10.2. The zero-order valence-electron chi connectivity index (χ0n) is 20.7. The van der Waals surface area contributed by atoms with Crippen molar-refractivity contribution in [1.82, 2.24) is 5.32 Å². The summed E-state index contributed by atoms with van der Waals surface area (Å²) >= 11 is 0. The number of ether oxygens (including phenoxy) is 6. The Kier molecular flexibility index (Phi) is 23.2. The predicted octanol–water partition coefficient (Wildman–Crippen LogP) is -0.850. The summed E-state index contributed by atoms with van der Waals surface area (Å²) in [6.07, 6.45) is 1.10. The molecule has 1 atom stereocenters. The van der Waals surface area contributed by atoms with Crippen molar-refractivity contribution in [3.8, 4) is 0 Å². The highest BCUT2D eigenvalue weighted by molar-refractivity contribution is 5.77. The van der Waals surface area contributed by atoms with Crippen LogP contribution in [0.5, 0.6) is 0 Å². The monoisotopic (exact) mass is 506 g/mol. The van der Waals surface area contributed by atoms with E-state index in [4.69, 9.17) is 39.9 Å². The predicted molar refractivity (Wildman–Crippen MR) is 128 cm³/mol. The normalized spacial score (nSPS) is 11.6. The molecule has 35 heavy (non-hydrogen) atoms. The highest BCUT2D eigenvalue weighted by Gasteiger charge is 2.13. The lowest BCUT2D eigenvalue weighted by Gasteiger charge is -2.11. The number of guanidine groups is 1. The second-order valence-electron chi connectivity index (χ2n) is 7.26. The summed E-state index contributed by atoms with van der Waals surface area (Å²) in [5.74, 6) is -0.747. The molecule has 0 aromatic rings. The molecule has 0 radical (unpaired) electrons. The summed E-state index contributed by atoms with van der Waals surface area (Å²) in [4.78, 5) is 38.4. The lowest BCUT2D eigenvalue weighted by Crippen LogP contribution is -2.27. The van der Waals surface area contributed by atoms with Crippen molar-refractivity contribution in [2.45, 2.75) is 38.2 Å². The topological polar surface area (TPSA) is 183 Å². The van der Waals surface area contributed by atoms with E-state index in [1.54, 1.807) is 7.11 Å². The van der Waals surface area contributed by atoms with Gasteiger partial charge in [0.15, 0.2) is 18.3 Å². The number of methoxy groups -OCH3 is 1. The van der Waals surface area contributed by atoms with Crippen LogP contribution in [0.2, 0.25) is 0 Å². The Morgan fingerprint density at radius 2 is 1.43 bits per heavy atom. The number of hydrogen-bond donors (Lipinski definition) is 3. The van der Waals surface area contributed by atoms with Crippen LogP contribution in [-0.4, -0.2) is 110 Å². The molecular weight excluding hydrogens is 464 g/mol. The first-order valence-electron chi connectivity index (χ1n) is 11.8. The van der Waals surface area contributed by atoms with E-state index in [0.29, 0.717) is 98.1 Å². The van der Waals surface area contributed by atoms with Gasteiger partial charge in [0.05, 0.1) is 59.5 Å². The summed E-state index contributed by atoms with van der Waals surface area (Å²) in [6.45, 7) is 4.99. The Balaban J connectivity index is 3.50. The van der Waals surface area contributed by atoms with Crippen LogP contribution in [-0.2, 0) is 42.8 Å². The fourth-order valence-electron chi connectivity index (χ4n) is 2.53. The number of nitrogens with zero attached hydrogens (tertiary/aromatic N) is 1. The highest BCUT2D eigenvalue weighted by Crippen LogP contribution is 2.05. The zero-order valence-corrected chi connectivity index (χ0v) is 20.7. The van der Waals surface area contributed by atoms with Crippen molar-refractivity contribution in [1.29, 1.82) is 0 Å². The van der Waals surface area contributed by atoms with E-state index in [1.807, 2.05) is 0 Å². The van der Waals surface area contributed by atoms with E-state index in [2.05, 4.69) is 10.3 Å². The third kappa shape index (κ3) is 24.6. The Morgan fingerprint density at radius 3 is 1.97 bits per heavy atom. The second kappa shape index (κ2) is 24.8. The van der Waals surface area contributed by atoms with Crippen molar-refractivity contribution in [2.24, 2.45) is 16.5 Å². The molecule has 0 rings (SSSR count). The first kappa shape index (κ1) is 32.7. The Bertz CT molecular complexity index is 575. The van der Waals surface area contributed by atoms with Crippen LogP contribution in [0.15, 0.2) is 4.99 Å². The Labute approximate surface area is 207 Å². The second-order valence-corrected chi connectivity index (χ2v) is 7.26. The summed E-state index contributed by atoms with van der Waals surface area (Å²) in [6, 6.07) is 0. The van der Waals surface area contributed by atoms with Crippen molar-refractivity contribution < 1.29 is 42.8 Å². The van der Waals surface area contributed by atoms with E-state index in [0.717, 1.165) is 0 Å². The molecule has 204 valence electrons. The van der Waals surface area contributed by atoms with E-state index in [9.17, 15) is 14.4 Å². The summed E-state index contributed by atoms with van der Waals surface area (Å²) in [7, 11) is 1.62. The Hall–Kier alpha value is -2.32. The molecule has 0 saturated heterocycles. The summed E-state index contributed by atoms with van der Waals surface area (Å²) < 4.78 is 31.3. The molecule has 1 amide bonds. The molecule has 0 saturated carbocycles. The van der Waals surface area contributed by atoms with Gasteiger partial charge in [0.25, 0.3) is 0 Å². The van der Waals surface area contributed by atoms with Gasteiger partial charge in [0.1, 0.15) is 0 Å². The van der Waals surface area contributed by atoms with E-state index < -0.39 is 12.1 Å². The standard InChI is InChI=1S/C22H42N4O9/c1-30-10-11-32-14-15-34-17-16-33-13-12-31-9-8-25-20(28)5-2-6-21(29)35-19(18-27)4-3-7-26-22(23)24/h18-19H,2-17H2,1H3,(H,25,28)(H4,23,24,26). The number of rotatable bonds is 25. The molecule has 0 aromatic heterocycles. The van der Waals surface area contributed by atoms with Gasteiger partial charge in [-0.1, -0.05) is 0 Å². The molecule has 0 aliphatic heterocycles. The van der Waals surface area contributed by atoms with Gasteiger partial charge < -0.3 is 45.2 Å². The fourth-order valence-corrected chi connectivity index (χ4v) is 2.53. The maximum Gasteiger partial charge on any atom is 0.306 e. The minimum atomic E-state index is -0.843. The van der Waals surface area contributed by atoms with Gasteiger partial charge in [-0.25, -0.2) is 0 Å². The molecule has 0 fully saturated rings. The maximum absolute atomic E-state index is 11.8. The maximum atomic E-state index is 11.8.